The van der Waals surface area contributed by atoms with Crippen LogP contribution in [0.1, 0.15) is 24.6 Å². The van der Waals surface area contributed by atoms with Crippen LogP contribution in [0.5, 0.6) is 0 Å². The monoisotopic (exact) mass is 257 g/mol. The topological polar surface area (TPSA) is 63.8 Å². The molecule has 0 aliphatic carbocycles. The van der Waals surface area contributed by atoms with Gasteiger partial charge in [-0.1, -0.05) is 25.5 Å². The van der Waals surface area contributed by atoms with Crippen LogP contribution in [0.15, 0.2) is 33.5 Å². The van der Waals surface area contributed by atoms with Gasteiger partial charge in [0.2, 0.25) is 0 Å². The number of aryl methyl sites for hydroxylation is 1. The number of rotatable bonds is 3. The van der Waals surface area contributed by atoms with Crippen molar-refractivity contribution in [2.45, 2.75) is 26.7 Å². The predicted octanol–water partition coefficient (Wildman–Crippen LogP) is 2.57. The largest absolute Gasteiger partial charge is 0.422 e. The first-order chi connectivity index (χ1) is 9.20. The van der Waals surface area contributed by atoms with E-state index in [1.807, 2.05) is 31.2 Å². The summed E-state index contributed by atoms with van der Waals surface area (Å²) in [7, 11) is 0. The zero-order chi connectivity index (χ0) is 13.4. The van der Waals surface area contributed by atoms with Gasteiger partial charge in [0.25, 0.3) is 5.56 Å². The number of para-hydroxylation sites is 2. The van der Waals surface area contributed by atoms with E-state index in [0.717, 1.165) is 29.6 Å². The fourth-order valence-corrected chi connectivity index (χ4v) is 2.22. The van der Waals surface area contributed by atoms with Crippen LogP contribution in [0.4, 0.5) is 0 Å². The van der Waals surface area contributed by atoms with Crippen LogP contribution in [0, 0.1) is 6.92 Å². The van der Waals surface area contributed by atoms with Crippen LogP contribution < -0.4 is 5.56 Å². The lowest BCUT2D eigenvalue weighted by Gasteiger charge is -1.91. The first-order valence-corrected chi connectivity index (χ1v) is 6.37. The number of hydrogen-bond donors (Lipinski definition) is 1. The minimum Gasteiger partial charge on any atom is -0.422 e. The Morgan fingerprint density at radius 1 is 1.37 bits per heavy atom. The van der Waals surface area contributed by atoms with Gasteiger partial charge >= 0.3 is 6.01 Å². The van der Waals surface area contributed by atoms with Crippen molar-refractivity contribution in [3.63, 3.8) is 0 Å². The van der Waals surface area contributed by atoms with E-state index in [1.165, 1.54) is 4.68 Å². The Bertz CT molecular complexity index is 746. The number of H-pyrrole nitrogens is 1. The van der Waals surface area contributed by atoms with Gasteiger partial charge in [0.05, 0.1) is 0 Å². The molecular formula is C14H15N3O2. The molecule has 1 N–H and O–H groups in total. The normalized spacial score (nSPS) is 11.3. The quantitative estimate of drug-likeness (QED) is 0.784. The van der Waals surface area contributed by atoms with Gasteiger partial charge in [-0.2, -0.15) is 9.67 Å². The van der Waals surface area contributed by atoms with Crippen molar-refractivity contribution in [1.82, 2.24) is 14.8 Å². The Morgan fingerprint density at radius 2 is 2.16 bits per heavy atom. The van der Waals surface area contributed by atoms with Crippen molar-refractivity contribution >= 4 is 11.1 Å². The van der Waals surface area contributed by atoms with Crippen molar-refractivity contribution < 1.29 is 4.42 Å². The lowest BCUT2D eigenvalue weighted by atomic mass is 10.1. The fourth-order valence-electron chi connectivity index (χ4n) is 2.22. The van der Waals surface area contributed by atoms with Gasteiger partial charge < -0.3 is 4.42 Å². The van der Waals surface area contributed by atoms with Gasteiger partial charge in [-0.25, -0.2) is 0 Å². The SMILES string of the molecule is CCCc1c(C)[nH]n(-c2nc3ccccc3o2)c1=O. The molecule has 0 unspecified atom stereocenters. The van der Waals surface area contributed by atoms with E-state index in [-0.39, 0.29) is 11.6 Å². The minimum absolute atomic E-state index is 0.0779. The number of nitrogens with one attached hydrogen (secondary N) is 1. The van der Waals surface area contributed by atoms with E-state index >= 15 is 0 Å². The maximum absolute atomic E-state index is 12.3. The standard InChI is InChI=1S/C14H15N3O2/c1-3-6-10-9(2)16-17(13(10)18)14-15-11-7-4-5-8-12(11)19-14/h4-5,7-8,16H,3,6H2,1-2H3. The van der Waals surface area contributed by atoms with Gasteiger partial charge in [0, 0.05) is 11.3 Å². The number of oxazole rings is 1. The Kier molecular flexibility index (Phi) is 2.74. The van der Waals surface area contributed by atoms with E-state index in [1.54, 1.807) is 0 Å². The maximum Gasteiger partial charge on any atom is 0.325 e. The number of nitrogens with zero attached hydrogens (tertiary/aromatic N) is 2. The second-order valence-corrected chi connectivity index (χ2v) is 4.57. The molecule has 0 atom stereocenters. The molecule has 2 heterocycles. The molecule has 1 aromatic carbocycles. The zero-order valence-electron chi connectivity index (χ0n) is 10.9. The molecule has 3 aromatic rings. The molecule has 2 aromatic heterocycles. The molecule has 0 amide bonds. The van der Waals surface area contributed by atoms with Crippen molar-refractivity contribution in [3.05, 3.63) is 45.9 Å². The molecule has 0 fully saturated rings. The third-order valence-electron chi connectivity index (χ3n) is 3.17. The lowest BCUT2D eigenvalue weighted by Crippen LogP contribution is -2.17. The summed E-state index contributed by atoms with van der Waals surface area (Å²) in [5.74, 6) is 0. The molecule has 0 aliphatic rings. The summed E-state index contributed by atoms with van der Waals surface area (Å²) >= 11 is 0. The second kappa shape index (κ2) is 4.42. The summed E-state index contributed by atoms with van der Waals surface area (Å²) in [6.07, 6.45) is 1.69. The van der Waals surface area contributed by atoms with Gasteiger partial charge in [-0.05, 0) is 25.5 Å². The molecule has 98 valence electrons. The summed E-state index contributed by atoms with van der Waals surface area (Å²) in [5.41, 5.74) is 3.01. The zero-order valence-corrected chi connectivity index (χ0v) is 10.9. The Hall–Kier alpha value is -2.30. The van der Waals surface area contributed by atoms with Crippen LogP contribution in [0.3, 0.4) is 0 Å². The van der Waals surface area contributed by atoms with Crippen molar-refractivity contribution in [3.8, 4) is 6.01 Å². The van der Waals surface area contributed by atoms with Crippen molar-refractivity contribution in [2.24, 2.45) is 0 Å². The molecule has 19 heavy (non-hydrogen) atoms. The predicted molar refractivity (Wildman–Crippen MR) is 72.7 cm³/mol. The molecule has 0 aliphatic heterocycles. The van der Waals surface area contributed by atoms with Crippen molar-refractivity contribution in [2.75, 3.05) is 0 Å². The summed E-state index contributed by atoms with van der Waals surface area (Å²) < 4.78 is 6.98. The van der Waals surface area contributed by atoms with Crippen LogP contribution in [-0.4, -0.2) is 14.8 Å². The average molecular weight is 257 g/mol. The molecule has 5 nitrogen and oxygen atoms in total. The summed E-state index contributed by atoms with van der Waals surface area (Å²) in [4.78, 5) is 16.6. The Labute approximate surface area is 109 Å². The molecule has 5 heteroatoms. The van der Waals surface area contributed by atoms with E-state index in [0.29, 0.717) is 5.58 Å². The van der Waals surface area contributed by atoms with E-state index in [2.05, 4.69) is 17.0 Å². The third-order valence-corrected chi connectivity index (χ3v) is 3.17. The summed E-state index contributed by atoms with van der Waals surface area (Å²) in [6.45, 7) is 3.95. The molecule has 0 radical (unpaired) electrons. The highest BCUT2D eigenvalue weighted by Gasteiger charge is 2.15. The van der Waals surface area contributed by atoms with E-state index < -0.39 is 0 Å². The number of fused-ring (bicyclic) bond motifs is 1. The van der Waals surface area contributed by atoms with Gasteiger partial charge in [0.15, 0.2) is 5.58 Å². The lowest BCUT2D eigenvalue weighted by molar-refractivity contribution is 0.535. The first-order valence-electron chi connectivity index (χ1n) is 6.37. The highest BCUT2D eigenvalue weighted by molar-refractivity contribution is 5.73. The molecule has 3 rings (SSSR count). The molecular weight excluding hydrogens is 242 g/mol. The second-order valence-electron chi connectivity index (χ2n) is 4.57. The smallest absolute Gasteiger partial charge is 0.325 e. The maximum atomic E-state index is 12.3. The fraction of sp³-hybridized carbons (Fsp3) is 0.286. The molecule has 0 saturated carbocycles. The van der Waals surface area contributed by atoms with Gasteiger partial charge in [0.1, 0.15) is 5.52 Å². The van der Waals surface area contributed by atoms with E-state index in [9.17, 15) is 4.79 Å². The average Bonchev–Trinajstić information content (AvgIpc) is 2.94. The molecule has 0 saturated heterocycles. The first kappa shape index (κ1) is 11.8. The van der Waals surface area contributed by atoms with Crippen LogP contribution in [0.25, 0.3) is 17.1 Å². The molecule has 0 bridgehead atoms. The van der Waals surface area contributed by atoms with Gasteiger partial charge in [-0.3, -0.25) is 9.89 Å². The van der Waals surface area contributed by atoms with Crippen LogP contribution >= 0.6 is 0 Å². The number of aromatic amines is 1. The van der Waals surface area contributed by atoms with Gasteiger partial charge in [-0.15, -0.1) is 0 Å². The third kappa shape index (κ3) is 1.87. The summed E-state index contributed by atoms with van der Waals surface area (Å²) in [6, 6.07) is 7.75. The number of benzene rings is 1. The number of aromatic nitrogens is 3. The van der Waals surface area contributed by atoms with Crippen molar-refractivity contribution in [1.29, 1.82) is 0 Å². The molecule has 0 spiro atoms. The highest BCUT2D eigenvalue weighted by atomic mass is 16.4. The van der Waals surface area contributed by atoms with Crippen LogP contribution in [-0.2, 0) is 6.42 Å². The van der Waals surface area contributed by atoms with Crippen LogP contribution in [0.2, 0.25) is 0 Å². The summed E-state index contributed by atoms with van der Waals surface area (Å²) in [5, 5.41) is 3.02. The Balaban J connectivity index is 2.16. The highest BCUT2D eigenvalue weighted by Crippen LogP contribution is 2.17. The minimum atomic E-state index is -0.0779. The Morgan fingerprint density at radius 3 is 2.89 bits per heavy atom. The van der Waals surface area contributed by atoms with E-state index in [4.69, 9.17) is 4.42 Å². The number of hydrogen-bond acceptors (Lipinski definition) is 3.